The van der Waals surface area contributed by atoms with Crippen LogP contribution >= 0.6 is 0 Å². The van der Waals surface area contributed by atoms with Gasteiger partial charge in [-0.1, -0.05) is 24.3 Å². The Morgan fingerprint density at radius 3 is 2.27 bits per heavy atom. The second kappa shape index (κ2) is 7.03. The molecule has 136 valence electrons. The average Bonchev–Trinajstić information content (AvgIpc) is 3.11. The fraction of sp³-hybridized carbons (Fsp3) is 0.316. The van der Waals surface area contributed by atoms with E-state index in [1.165, 1.54) is 19.1 Å². The Balaban J connectivity index is 2.15. The topological polar surface area (TPSA) is 93.1 Å². The summed E-state index contributed by atoms with van der Waals surface area (Å²) in [6.45, 7) is 0.136. The van der Waals surface area contributed by atoms with Crippen molar-refractivity contribution in [1.29, 1.82) is 0 Å². The van der Waals surface area contributed by atoms with E-state index in [9.17, 15) is 19.5 Å². The molecule has 7 nitrogen and oxygen atoms in total. The summed E-state index contributed by atoms with van der Waals surface area (Å²) < 4.78 is 9.75. The van der Waals surface area contributed by atoms with Gasteiger partial charge in [0.25, 0.3) is 0 Å². The van der Waals surface area contributed by atoms with E-state index in [1.54, 1.807) is 6.07 Å². The van der Waals surface area contributed by atoms with E-state index >= 15 is 0 Å². The van der Waals surface area contributed by atoms with Crippen LogP contribution in [-0.2, 0) is 14.3 Å². The Hall–Kier alpha value is -3.09. The van der Waals surface area contributed by atoms with Crippen LogP contribution in [0.15, 0.2) is 36.4 Å². The number of rotatable bonds is 3. The van der Waals surface area contributed by atoms with Gasteiger partial charge >= 0.3 is 18.0 Å². The highest BCUT2D eigenvalue weighted by Crippen LogP contribution is 2.37. The number of likely N-dealkylation sites (tertiary alicyclic amines) is 1. The van der Waals surface area contributed by atoms with Gasteiger partial charge in [0.15, 0.2) is 0 Å². The van der Waals surface area contributed by atoms with E-state index in [4.69, 9.17) is 9.47 Å². The maximum Gasteiger partial charge on any atom is 0.407 e. The lowest BCUT2D eigenvalue weighted by molar-refractivity contribution is -0.145. The van der Waals surface area contributed by atoms with Gasteiger partial charge in [-0.05, 0) is 28.5 Å². The van der Waals surface area contributed by atoms with Crippen LogP contribution in [0, 0.1) is 5.92 Å². The molecule has 1 fully saturated rings. The molecule has 1 aliphatic rings. The van der Waals surface area contributed by atoms with Crippen molar-refractivity contribution in [3.05, 3.63) is 47.5 Å². The Morgan fingerprint density at radius 1 is 1.04 bits per heavy atom. The van der Waals surface area contributed by atoms with E-state index < -0.39 is 29.9 Å². The molecule has 2 aromatic carbocycles. The lowest BCUT2D eigenvalue weighted by atomic mass is 9.84. The second-order valence-electron chi connectivity index (χ2n) is 6.20. The standard InChI is InChI=1S/C19H19NO6/c1-25-17(21)14-8-12-6-4-3-5-11(12)7-13(14)15-9-20(19(23)24)10-16(15)18(22)26-2/h3-8,15-16H,9-10H2,1-2H3,(H,23,24). The van der Waals surface area contributed by atoms with Crippen LogP contribution in [0.2, 0.25) is 0 Å². The van der Waals surface area contributed by atoms with E-state index in [0.29, 0.717) is 11.1 Å². The largest absolute Gasteiger partial charge is 0.469 e. The van der Waals surface area contributed by atoms with Crippen molar-refractivity contribution in [3.63, 3.8) is 0 Å². The number of amides is 1. The Bertz CT molecular complexity index is 877. The van der Waals surface area contributed by atoms with Crippen LogP contribution in [0.3, 0.4) is 0 Å². The van der Waals surface area contributed by atoms with Crippen molar-refractivity contribution >= 4 is 28.8 Å². The first kappa shape index (κ1) is 17.7. The number of benzene rings is 2. The van der Waals surface area contributed by atoms with Crippen LogP contribution < -0.4 is 0 Å². The van der Waals surface area contributed by atoms with Crippen molar-refractivity contribution in [3.8, 4) is 0 Å². The average molecular weight is 357 g/mol. The summed E-state index contributed by atoms with van der Waals surface area (Å²) in [5.41, 5.74) is 0.923. The number of carboxylic acid groups (broad SMARTS) is 1. The monoisotopic (exact) mass is 357 g/mol. The van der Waals surface area contributed by atoms with Crippen molar-refractivity contribution in [2.45, 2.75) is 5.92 Å². The summed E-state index contributed by atoms with van der Waals surface area (Å²) in [7, 11) is 2.56. The lowest BCUT2D eigenvalue weighted by Crippen LogP contribution is -2.28. The maximum absolute atomic E-state index is 12.3. The number of ether oxygens (including phenoxy) is 2. The van der Waals surface area contributed by atoms with Crippen LogP contribution in [0.4, 0.5) is 4.79 Å². The quantitative estimate of drug-likeness (QED) is 0.849. The zero-order valence-electron chi connectivity index (χ0n) is 14.5. The number of hydrogen-bond acceptors (Lipinski definition) is 5. The molecule has 7 heteroatoms. The number of methoxy groups -OCH3 is 2. The molecule has 1 aliphatic heterocycles. The molecule has 0 spiro atoms. The Kier molecular flexibility index (Phi) is 4.79. The molecular formula is C19H19NO6. The lowest BCUT2D eigenvalue weighted by Gasteiger charge is -2.20. The summed E-state index contributed by atoms with van der Waals surface area (Å²) in [6, 6.07) is 11.1. The smallest absolute Gasteiger partial charge is 0.407 e. The summed E-state index contributed by atoms with van der Waals surface area (Å²) in [6.07, 6.45) is -1.11. The normalized spacial score (nSPS) is 19.4. The highest BCUT2D eigenvalue weighted by atomic mass is 16.5. The summed E-state index contributed by atoms with van der Waals surface area (Å²) >= 11 is 0. The highest BCUT2D eigenvalue weighted by molar-refractivity contribution is 5.98. The van der Waals surface area contributed by atoms with Crippen LogP contribution in [0.5, 0.6) is 0 Å². The molecule has 2 atom stereocenters. The third kappa shape index (κ3) is 3.08. The van der Waals surface area contributed by atoms with Gasteiger partial charge in [0.1, 0.15) is 0 Å². The molecule has 1 amide bonds. The summed E-state index contributed by atoms with van der Waals surface area (Å²) in [4.78, 5) is 37.1. The van der Waals surface area contributed by atoms with Crippen LogP contribution in [0.25, 0.3) is 10.8 Å². The number of nitrogens with zero attached hydrogens (tertiary/aromatic N) is 1. The van der Waals surface area contributed by atoms with Crippen LogP contribution in [-0.4, -0.2) is 55.3 Å². The minimum Gasteiger partial charge on any atom is -0.469 e. The number of hydrogen-bond donors (Lipinski definition) is 1. The highest BCUT2D eigenvalue weighted by Gasteiger charge is 2.42. The van der Waals surface area contributed by atoms with E-state index in [2.05, 4.69) is 0 Å². The predicted octanol–water partition coefficient (Wildman–Crippen LogP) is 2.49. The fourth-order valence-electron chi connectivity index (χ4n) is 3.52. The first-order chi connectivity index (χ1) is 12.5. The molecule has 1 heterocycles. The molecule has 0 saturated carbocycles. The summed E-state index contributed by atoms with van der Waals surface area (Å²) in [5.74, 6) is -2.19. The van der Waals surface area contributed by atoms with Gasteiger partial charge in [0.2, 0.25) is 0 Å². The van der Waals surface area contributed by atoms with Gasteiger partial charge in [0, 0.05) is 19.0 Å². The van der Waals surface area contributed by atoms with E-state index in [0.717, 1.165) is 10.8 Å². The SMILES string of the molecule is COC(=O)c1cc2ccccc2cc1C1CN(C(=O)O)CC1C(=O)OC. The molecule has 2 unspecified atom stereocenters. The number of carbonyl (C=O) groups is 3. The molecular weight excluding hydrogens is 338 g/mol. The number of esters is 2. The number of fused-ring (bicyclic) bond motifs is 1. The second-order valence-corrected chi connectivity index (χ2v) is 6.20. The minimum atomic E-state index is -1.11. The predicted molar refractivity (Wildman–Crippen MR) is 93.1 cm³/mol. The van der Waals surface area contributed by atoms with Gasteiger partial charge in [-0.25, -0.2) is 9.59 Å². The molecule has 0 bridgehead atoms. The van der Waals surface area contributed by atoms with E-state index in [1.807, 2.05) is 30.3 Å². The third-order valence-electron chi connectivity index (χ3n) is 4.82. The molecule has 0 aromatic heterocycles. The van der Waals surface area contributed by atoms with Crippen molar-refractivity contribution in [2.75, 3.05) is 27.3 Å². The molecule has 0 aliphatic carbocycles. The van der Waals surface area contributed by atoms with E-state index in [-0.39, 0.29) is 13.1 Å². The van der Waals surface area contributed by atoms with Gasteiger partial charge in [-0.15, -0.1) is 0 Å². The van der Waals surface area contributed by atoms with Crippen molar-refractivity contribution in [2.24, 2.45) is 5.92 Å². The van der Waals surface area contributed by atoms with Gasteiger partial charge < -0.3 is 19.5 Å². The molecule has 3 rings (SSSR count). The van der Waals surface area contributed by atoms with Crippen molar-refractivity contribution < 1.29 is 29.0 Å². The molecule has 1 saturated heterocycles. The molecule has 1 N–H and O–H groups in total. The van der Waals surface area contributed by atoms with Gasteiger partial charge in [0.05, 0.1) is 25.7 Å². The van der Waals surface area contributed by atoms with Crippen LogP contribution in [0.1, 0.15) is 21.8 Å². The van der Waals surface area contributed by atoms with Gasteiger partial charge in [-0.3, -0.25) is 4.79 Å². The van der Waals surface area contributed by atoms with Crippen molar-refractivity contribution in [1.82, 2.24) is 4.90 Å². The maximum atomic E-state index is 12.3. The first-order valence-corrected chi connectivity index (χ1v) is 8.13. The Morgan fingerprint density at radius 2 is 1.69 bits per heavy atom. The molecule has 0 radical (unpaired) electrons. The fourth-order valence-corrected chi connectivity index (χ4v) is 3.52. The third-order valence-corrected chi connectivity index (χ3v) is 4.82. The Labute approximate surface area is 150 Å². The number of carbonyl (C=O) groups excluding carboxylic acids is 2. The zero-order valence-corrected chi connectivity index (χ0v) is 14.5. The molecule has 26 heavy (non-hydrogen) atoms. The first-order valence-electron chi connectivity index (χ1n) is 8.13. The molecule has 2 aromatic rings. The van der Waals surface area contributed by atoms with Gasteiger partial charge in [-0.2, -0.15) is 0 Å². The minimum absolute atomic E-state index is 0.0279. The zero-order chi connectivity index (χ0) is 18.8. The summed E-state index contributed by atoms with van der Waals surface area (Å²) in [5, 5.41) is 11.1.